The van der Waals surface area contributed by atoms with Crippen molar-refractivity contribution in [2.45, 2.75) is 49.5 Å². The Kier molecular flexibility index (Phi) is 8.55. The van der Waals surface area contributed by atoms with Crippen LogP contribution in [0.1, 0.15) is 60.0 Å². The van der Waals surface area contributed by atoms with E-state index in [1.807, 2.05) is 53.9 Å². The lowest BCUT2D eigenvalue weighted by atomic mass is 9.91. The van der Waals surface area contributed by atoms with E-state index in [1.54, 1.807) is 30.3 Å². The molecule has 0 spiro atoms. The number of carbonyl (C=O) groups excluding carboxylic acids is 2. The van der Waals surface area contributed by atoms with Gasteiger partial charge in [0.25, 0.3) is 15.9 Å². The fourth-order valence-corrected chi connectivity index (χ4v) is 7.47. The van der Waals surface area contributed by atoms with Gasteiger partial charge in [-0.25, -0.2) is 17.9 Å². The van der Waals surface area contributed by atoms with Crippen molar-refractivity contribution in [2.75, 3.05) is 12.4 Å². The monoisotopic (exact) mass is 687 g/mol. The van der Waals surface area contributed by atoms with Gasteiger partial charge in [-0.3, -0.25) is 10.1 Å². The largest absolute Gasteiger partial charge is 0.496 e. The highest BCUT2D eigenvalue weighted by atomic mass is 127. The number of fused-ring (bicyclic) bond motifs is 1. The lowest BCUT2D eigenvalue weighted by Gasteiger charge is -2.17. The predicted molar refractivity (Wildman–Crippen MR) is 165 cm³/mol. The van der Waals surface area contributed by atoms with Crippen LogP contribution in [0.4, 0.5) is 10.5 Å². The molecule has 0 radical (unpaired) electrons. The van der Waals surface area contributed by atoms with Gasteiger partial charge in [-0.05, 0) is 96.3 Å². The second-order valence-electron chi connectivity index (χ2n) is 9.98. The van der Waals surface area contributed by atoms with Crippen LogP contribution in [-0.2, 0) is 14.8 Å². The third-order valence-electron chi connectivity index (χ3n) is 7.32. The maximum atomic E-state index is 12.9. The van der Waals surface area contributed by atoms with Crippen LogP contribution in [0.15, 0.2) is 71.8 Å². The van der Waals surface area contributed by atoms with E-state index in [9.17, 15) is 18.0 Å². The SMILES string of the molecule is COc1cc(C(=O)NS(=O)(=O)c2ccccc2I)ccc1C(C)c1c[nH]c2ccc(NC(=O)OC3CCCC3)cc12. The quantitative estimate of drug-likeness (QED) is 0.181. The number of anilines is 1. The number of aromatic amines is 1. The van der Waals surface area contributed by atoms with Gasteiger partial charge in [-0.1, -0.05) is 25.1 Å². The van der Waals surface area contributed by atoms with Crippen molar-refractivity contribution >= 4 is 61.2 Å². The van der Waals surface area contributed by atoms with Crippen LogP contribution in [0.5, 0.6) is 5.75 Å². The molecule has 214 valence electrons. The highest BCUT2D eigenvalue weighted by molar-refractivity contribution is 14.1. The number of carbonyl (C=O) groups is 2. The Labute approximate surface area is 252 Å². The fraction of sp³-hybridized carbons (Fsp3) is 0.267. The lowest BCUT2D eigenvalue weighted by molar-refractivity contribution is 0.0980. The number of benzene rings is 3. The van der Waals surface area contributed by atoms with Crippen LogP contribution in [0.25, 0.3) is 10.9 Å². The number of aromatic nitrogens is 1. The van der Waals surface area contributed by atoms with E-state index in [0.717, 1.165) is 47.7 Å². The van der Waals surface area contributed by atoms with Gasteiger partial charge in [0.05, 0.1) is 7.11 Å². The molecular formula is C30H30IN3O6S. The van der Waals surface area contributed by atoms with Crippen molar-refractivity contribution in [2.24, 2.45) is 0 Å². The molecule has 4 aromatic rings. The van der Waals surface area contributed by atoms with Gasteiger partial charge in [-0.2, -0.15) is 0 Å². The van der Waals surface area contributed by atoms with E-state index in [4.69, 9.17) is 9.47 Å². The molecule has 0 aliphatic heterocycles. The molecule has 0 saturated heterocycles. The molecule has 0 bridgehead atoms. The number of hydrogen-bond donors (Lipinski definition) is 3. The Morgan fingerprint density at radius 1 is 1.02 bits per heavy atom. The second kappa shape index (κ2) is 12.1. The molecule has 1 heterocycles. The molecule has 3 aromatic carbocycles. The molecule has 1 fully saturated rings. The molecule has 1 saturated carbocycles. The molecule has 3 N–H and O–H groups in total. The number of sulfonamides is 1. The van der Waals surface area contributed by atoms with E-state index in [0.29, 0.717) is 15.0 Å². The number of rotatable bonds is 8. The molecule has 41 heavy (non-hydrogen) atoms. The molecule has 5 rings (SSSR count). The highest BCUT2D eigenvalue weighted by Crippen LogP contribution is 2.37. The molecule has 2 amide bonds. The topological polar surface area (TPSA) is 127 Å². The molecule has 11 heteroatoms. The Balaban J connectivity index is 1.36. The molecule has 1 aliphatic rings. The van der Waals surface area contributed by atoms with E-state index in [2.05, 4.69) is 15.0 Å². The first-order valence-electron chi connectivity index (χ1n) is 13.2. The van der Waals surface area contributed by atoms with E-state index in [-0.39, 0.29) is 22.5 Å². The zero-order chi connectivity index (χ0) is 29.1. The van der Waals surface area contributed by atoms with Gasteiger partial charge in [0.1, 0.15) is 16.7 Å². The van der Waals surface area contributed by atoms with Crippen LogP contribution in [0.2, 0.25) is 0 Å². The van der Waals surface area contributed by atoms with Gasteiger partial charge >= 0.3 is 6.09 Å². The van der Waals surface area contributed by atoms with E-state index < -0.39 is 22.0 Å². The van der Waals surface area contributed by atoms with Crippen molar-refractivity contribution in [3.63, 3.8) is 0 Å². The van der Waals surface area contributed by atoms with Gasteiger partial charge in [0, 0.05) is 43.4 Å². The van der Waals surface area contributed by atoms with Gasteiger partial charge in [0.15, 0.2) is 0 Å². The number of H-pyrrole nitrogens is 1. The second-order valence-corrected chi connectivity index (χ2v) is 12.8. The Hall–Kier alpha value is -3.58. The summed E-state index contributed by atoms with van der Waals surface area (Å²) in [6, 6.07) is 16.9. The summed E-state index contributed by atoms with van der Waals surface area (Å²) < 4.78 is 39.5. The summed E-state index contributed by atoms with van der Waals surface area (Å²) in [5.41, 5.74) is 3.45. The van der Waals surface area contributed by atoms with Crippen LogP contribution >= 0.6 is 22.6 Å². The third-order valence-corrected chi connectivity index (χ3v) is 10.0. The first-order chi connectivity index (χ1) is 19.7. The average molecular weight is 688 g/mol. The van der Waals surface area contributed by atoms with Crippen LogP contribution < -0.4 is 14.8 Å². The molecule has 1 aromatic heterocycles. The number of amides is 2. The number of halogens is 1. The maximum absolute atomic E-state index is 12.9. The van der Waals surface area contributed by atoms with E-state index >= 15 is 0 Å². The number of nitrogens with one attached hydrogen (secondary N) is 3. The minimum absolute atomic E-state index is 0.0266. The number of ether oxygens (including phenoxy) is 2. The minimum atomic E-state index is -4.05. The summed E-state index contributed by atoms with van der Waals surface area (Å²) in [7, 11) is -2.55. The maximum Gasteiger partial charge on any atom is 0.411 e. The number of hydrogen-bond acceptors (Lipinski definition) is 6. The van der Waals surface area contributed by atoms with E-state index in [1.165, 1.54) is 19.2 Å². The lowest BCUT2D eigenvalue weighted by Crippen LogP contribution is -2.31. The van der Waals surface area contributed by atoms with Crippen molar-refractivity contribution in [1.29, 1.82) is 0 Å². The molecule has 1 aliphatic carbocycles. The summed E-state index contributed by atoms with van der Waals surface area (Å²) in [6.45, 7) is 2.01. The zero-order valence-corrected chi connectivity index (χ0v) is 25.5. The molecule has 1 atom stereocenters. The smallest absolute Gasteiger partial charge is 0.411 e. The van der Waals surface area contributed by atoms with Crippen molar-refractivity contribution in [3.8, 4) is 5.75 Å². The van der Waals surface area contributed by atoms with Crippen LogP contribution in [0.3, 0.4) is 0 Å². The first-order valence-corrected chi connectivity index (χ1v) is 15.8. The summed E-state index contributed by atoms with van der Waals surface area (Å²) in [5.74, 6) is -0.471. The van der Waals surface area contributed by atoms with Crippen LogP contribution in [0, 0.1) is 3.57 Å². The van der Waals surface area contributed by atoms with Crippen molar-refractivity contribution in [3.05, 3.63) is 87.1 Å². The average Bonchev–Trinajstić information content (AvgIpc) is 3.62. The summed E-state index contributed by atoms with van der Waals surface area (Å²) in [5, 5.41) is 3.76. The first kappa shape index (κ1) is 28.9. The van der Waals surface area contributed by atoms with Gasteiger partial charge in [0.2, 0.25) is 0 Å². The minimum Gasteiger partial charge on any atom is -0.496 e. The third kappa shape index (κ3) is 6.35. The zero-order valence-electron chi connectivity index (χ0n) is 22.6. The van der Waals surface area contributed by atoms with Gasteiger partial charge < -0.3 is 14.5 Å². The predicted octanol–water partition coefficient (Wildman–Crippen LogP) is 6.54. The molecular weight excluding hydrogens is 657 g/mol. The normalized spacial score (nSPS) is 14.5. The summed E-state index contributed by atoms with van der Waals surface area (Å²) in [6.07, 6.45) is 5.38. The Bertz CT molecular complexity index is 1710. The standard InChI is InChI=1S/C30H30IN3O6S/c1-18(24-17-32-26-14-12-20(16-23(24)26)33-30(36)40-21-7-3-4-8-21)22-13-11-19(15-27(22)39-2)29(35)34-41(37,38)28-10-6-5-9-25(28)31/h5-6,9-18,21,32H,3-4,7-8H2,1-2H3,(H,33,36)(H,34,35). The van der Waals surface area contributed by atoms with Crippen molar-refractivity contribution < 1.29 is 27.5 Å². The van der Waals surface area contributed by atoms with Gasteiger partial charge in [-0.15, -0.1) is 0 Å². The fourth-order valence-electron chi connectivity index (χ4n) is 5.16. The Morgan fingerprint density at radius 3 is 2.51 bits per heavy atom. The number of methoxy groups -OCH3 is 1. The summed E-state index contributed by atoms with van der Waals surface area (Å²) in [4.78, 5) is 28.7. The molecule has 1 unspecified atom stereocenters. The molecule has 9 nitrogen and oxygen atoms in total. The Morgan fingerprint density at radius 2 is 1.78 bits per heavy atom. The highest BCUT2D eigenvalue weighted by Gasteiger charge is 2.24. The van der Waals surface area contributed by atoms with Crippen LogP contribution in [-0.4, -0.2) is 38.6 Å². The summed E-state index contributed by atoms with van der Waals surface area (Å²) >= 11 is 1.92. The van der Waals surface area contributed by atoms with Crippen molar-refractivity contribution in [1.82, 2.24) is 9.71 Å².